The van der Waals surface area contributed by atoms with Crippen LogP contribution >= 0.6 is 0 Å². The van der Waals surface area contributed by atoms with Gasteiger partial charge in [0.05, 0.1) is 0 Å². The number of nitrogens with zero attached hydrogens (tertiary/aromatic N) is 1. The molecule has 1 aliphatic carbocycles. The van der Waals surface area contributed by atoms with E-state index in [0.29, 0.717) is 0 Å². The highest BCUT2D eigenvalue weighted by Crippen LogP contribution is 2.25. The quantitative estimate of drug-likeness (QED) is 0.525. The fourth-order valence-electron chi connectivity index (χ4n) is 1.96. The molecule has 1 nitrogen and oxygen atoms in total. The molecule has 0 atom stereocenters. The van der Waals surface area contributed by atoms with Gasteiger partial charge in [-0.3, -0.25) is 4.99 Å². The summed E-state index contributed by atoms with van der Waals surface area (Å²) in [5.41, 5.74) is 3.94. The predicted molar refractivity (Wildman–Crippen MR) is 75.5 cm³/mol. The Labute approximate surface area is 104 Å². The first-order chi connectivity index (χ1) is 8.42. The Morgan fingerprint density at radius 2 is 2.18 bits per heavy atom. The monoisotopic (exact) mass is 225 g/mol. The van der Waals surface area contributed by atoms with Crippen LogP contribution in [0.3, 0.4) is 0 Å². The zero-order valence-corrected chi connectivity index (χ0v) is 10.4. The fraction of sp³-hybridized carbons (Fsp3) is 0.312. The first kappa shape index (κ1) is 11.8. The highest BCUT2D eigenvalue weighted by molar-refractivity contribution is 5.89. The van der Waals surface area contributed by atoms with E-state index in [1.807, 2.05) is 6.21 Å². The van der Waals surface area contributed by atoms with Gasteiger partial charge >= 0.3 is 0 Å². The van der Waals surface area contributed by atoms with E-state index in [0.717, 1.165) is 13.0 Å². The smallest absolute Gasteiger partial charge is 0.0389 e. The molecule has 0 saturated carbocycles. The summed E-state index contributed by atoms with van der Waals surface area (Å²) >= 11 is 0. The molecule has 0 N–H and O–H groups in total. The SMILES string of the molecule is CCCCN=Cc1ccccc1C1=CC=CC1. The number of hydrogen-bond acceptors (Lipinski definition) is 1. The summed E-state index contributed by atoms with van der Waals surface area (Å²) in [5, 5.41) is 0. The van der Waals surface area contributed by atoms with Crippen LogP contribution < -0.4 is 0 Å². The van der Waals surface area contributed by atoms with E-state index >= 15 is 0 Å². The Kier molecular flexibility index (Phi) is 4.31. The highest BCUT2D eigenvalue weighted by atomic mass is 14.7. The van der Waals surface area contributed by atoms with Gasteiger partial charge in [0.2, 0.25) is 0 Å². The van der Waals surface area contributed by atoms with Gasteiger partial charge < -0.3 is 0 Å². The molecule has 1 aliphatic rings. The number of hydrogen-bond donors (Lipinski definition) is 0. The molecule has 0 aromatic heterocycles. The maximum atomic E-state index is 4.49. The Morgan fingerprint density at radius 3 is 2.94 bits per heavy atom. The van der Waals surface area contributed by atoms with Crippen LogP contribution in [0.2, 0.25) is 0 Å². The number of benzene rings is 1. The van der Waals surface area contributed by atoms with Gasteiger partial charge in [-0.25, -0.2) is 0 Å². The molecule has 0 radical (unpaired) electrons. The molecule has 17 heavy (non-hydrogen) atoms. The van der Waals surface area contributed by atoms with Crippen molar-refractivity contribution in [2.75, 3.05) is 6.54 Å². The first-order valence-corrected chi connectivity index (χ1v) is 6.36. The molecule has 0 fully saturated rings. The Hall–Kier alpha value is -1.63. The van der Waals surface area contributed by atoms with Crippen molar-refractivity contribution in [3.05, 3.63) is 53.6 Å². The average molecular weight is 225 g/mol. The zero-order chi connectivity index (χ0) is 11.9. The summed E-state index contributed by atoms with van der Waals surface area (Å²) in [6.07, 6.45) is 11.9. The molecule has 1 aromatic carbocycles. The summed E-state index contributed by atoms with van der Waals surface area (Å²) in [6, 6.07) is 8.50. The van der Waals surface area contributed by atoms with E-state index in [-0.39, 0.29) is 0 Å². The van der Waals surface area contributed by atoms with Crippen molar-refractivity contribution in [3.8, 4) is 0 Å². The number of unbranched alkanes of at least 4 members (excludes halogenated alkanes) is 1. The van der Waals surface area contributed by atoms with E-state index in [9.17, 15) is 0 Å². The Morgan fingerprint density at radius 1 is 1.29 bits per heavy atom. The van der Waals surface area contributed by atoms with E-state index in [1.54, 1.807) is 0 Å². The molecule has 0 unspecified atom stereocenters. The molecule has 0 spiro atoms. The summed E-state index contributed by atoms with van der Waals surface area (Å²) in [5.74, 6) is 0. The minimum absolute atomic E-state index is 0.933. The predicted octanol–water partition coefficient (Wildman–Crippen LogP) is 4.25. The zero-order valence-electron chi connectivity index (χ0n) is 10.4. The van der Waals surface area contributed by atoms with Crippen LogP contribution in [0.15, 0.2) is 47.5 Å². The largest absolute Gasteiger partial charge is 0.293 e. The maximum Gasteiger partial charge on any atom is 0.0389 e. The van der Waals surface area contributed by atoms with Crippen molar-refractivity contribution in [2.24, 2.45) is 4.99 Å². The third-order valence-electron chi connectivity index (χ3n) is 2.95. The van der Waals surface area contributed by atoms with Crippen molar-refractivity contribution < 1.29 is 0 Å². The molecular formula is C16H19N. The molecule has 0 bridgehead atoms. The van der Waals surface area contributed by atoms with Crippen molar-refractivity contribution >= 4 is 11.8 Å². The lowest BCUT2D eigenvalue weighted by Crippen LogP contribution is -1.92. The fourth-order valence-corrected chi connectivity index (χ4v) is 1.96. The average Bonchev–Trinajstić information content (AvgIpc) is 2.89. The van der Waals surface area contributed by atoms with Crippen molar-refractivity contribution in [3.63, 3.8) is 0 Å². The molecule has 0 heterocycles. The lowest BCUT2D eigenvalue weighted by Gasteiger charge is -2.06. The second-order valence-corrected chi connectivity index (χ2v) is 4.30. The summed E-state index contributed by atoms with van der Waals surface area (Å²) in [7, 11) is 0. The van der Waals surface area contributed by atoms with Crippen LogP contribution in [0.5, 0.6) is 0 Å². The van der Waals surface area contributed by atoms with Crippen LogP contribution in [0.25, 0.3) is 5.57 Å². The topological polar surface area (TPSA) is 12.4 Å². The maximum absolute atomic E-state index is 4.49. The molecule has 0 aliphatic heterocycles. The Bertz CT molecular complexity index is 452. The Balaban J connectivity index is 2.13. The van der Waals surface area contributed by atoms with Gasteiger partial charge in [-0.15, -0.1) is 0 Å². The third-order valence-corrected chi connectivity index (χ3v) is 2.95. The van der Waals surface area contributed by atoms with Gasteiger partial charge in [0, 0.05) is 12.8 Å². The lowest BCUT2D eigenvalue weighted by molar-refractivity contribution is 0.810. The van der Waals surface area contributed by atoms with Crippen LogP contribution in [-0.2, 0) is 0 Å². The molecular weight excluding hydrogens is 206 g/mol. The van der Waals surface area contributed by atoms with Crippen LogP contribution in [0.1, 0.15) is 37.3 Å². The normalized spacial score (nSPS) is 14.5. The summed E-state index contributed by atoms with van der Waals surface area (Å²) in [4.78, 5) is 4.49. The number of aliphatic imine (C=N–C) groups is 1. The second-order valence-electron chi connectivity index (χ2n) is 4.30. The van der Waals surface area contributed by atoms with Crippen molar-refractivity contribution in [2.45, 2.75) is 26.2 Å². The van der Waals surface area contributed by atoms with E-state index < -0.39 is 0 Å². The van der Waals surface area contributed by atoms with Crippen LogP contribution in [-0.4, -0.2) is 12.8 Å². The van der Waals surface area contributed by atoms with Gasteiger partial charge in [0.25, 0.3) is 0 Å². The van der Waals surface area contributed by atoms with Crippen molar-refractivity contribution in [1.82, 2.24) is 0 Å². The summed E-state index contributed by atoms with van der Waals surface area (Å²) < 4.78 is 0. The summed E-state index contributed by atoms with van der Waals surface area (Å²) in [6.45, 7) is 3.13. The van der Waals surface area contributed by atoms with Crippen LogP contribution in [0, 0.1) is 0 Å². The first-order valence-electron chi connectivity index (χ1n) is 6.36. The van der Waals surface area contributed by atoms with Gasteiger partial charge in [0.1, 0.15) is 0 Å². The molecule has 1 aromatic rings. The molecule has 1 heteroatoms. The minimum atomic E-state index is 0.933. The second kappa shape index (κ2) is 6.19. The van der Waals surface area contributed by atoms with Crippen LogP contribution in [0.4, 0.5) is 0 Å². The standard InChI is InChI=1S/C16H19N/c1-2-3-12-17-13-15-10-6-7-11-16(15)14-8-4-5-9-14/h4-8,10-11,13H,2-3,9,12H2,1H3. The number of allylic oxidation sites excluding steroid dienone is 4. The van der Waals surface area contributed by atoms with E-state index in [2.05, 4.69) is 54.4 Å². The highest BCUT2D eigenvalue weighted by Gasteiger charge is 2.06. The molecule has 0 saturated heterocycles. The lowest BCUT2D eigenvalue weighted by atomic mass is 10.00. The van der Waals surface area contributed by atoms with Gasteiger partial charge in [-0.2, -0.15) is 0 Å². The third kappa shape index (κ3) is 3.16. The number of rotatable bonds is 5. The van der Waals surface area contributed by atoms with E-state index in [1.165, 1.54) is 29.5 Å². The van der Waals surface area contributed by atoms with E-state index in [4.69, 9.17) is 0 Å². The van der Waals surface area contributed by atoms with Gasteiger partial charge in [-0.1, -0.05) is 55.8 Å². The van der Waals surface area contributed by atoms with Gasteiger partial charge in [-0.05, 0) is 29.5 Å². The van der Waals surface area contributed by atoms with Crippen molar-refractivity contribution in [1.29, 1.82) is 0 Å². The van der Waals surface area contributed by atoms with Gasteiger partial charge in [0.15, 0.2) is 0 Å². The molecule has 2 rings (SSSR count). The molecule has 0 amide bonds. The molecule has 88 valence electrons. The minimum Gasteiger partial charge on any atom is -0.293 e.